The van der Waals surface area contributed by atoms with Crippen molar-refractivity contribution in [1.29, 1.82) is 0 Å². The molecule has 0 aliphatic heterocycles. The second-order valence-electron chi connectivity index (χ2n) is 6.12. The molecule has 0 spiro atoms. The Morgan fingerprint density at radius 3 is 2.48 bits per heavy atom. The Balaban J connectivity index is 2.72. The summed E-state index contributed by atoms with van der Waals surface area (Å²) in [4.78, 5) is 0. The standard InChI is InChI=1S/C17H28BrNO2/c1-6-11-19-12-17(2,3)10-9-13-7-8-14(20-4)15(18)16(13)21-5/h7-8,19H,6,9-12H2,1-5H3. The summed E-state index contributed by atoms with van der Waals surface area (Å²) in [5.74, 6) is 1.69. The van der Waals surface area contributed by atoms with Gasteiger partial charge in [-0.15, -0.1) is 0 Å². The quantitative estimate of drug-likeness (QED) is 0.663. The van der Waals surface area contributed by atoms with E-state index in [4.69, 9.17) is 9.47 Å². The van der Waals surface area contributed by atoms with Crippen molar-refractivity contribution in [2.24, 2.45) is 5.41 Å². The minimum absolute atomic E-state index is 0.270. The van der Waals surface area contributed by atoms with E-state index in [-0.39, 0.29) is 5.41 Å². The van der Waals surface area contributed by atoms with Crippen LogP contribution in [-0.2, 0) is 6.42 Å². The van der Waals surface area contributed by atoms with Gasteiger partial charge in [-0.1, -0.05) is 26.8 Å². The summed E-state index contributed by atoms with van der Waals surface area (Å²) in [6.45, 7) is 8.93. The number of benzene rings is 1. The van der Waals surface area contributed by atoms with Gasteiger partial charge in [-0.25, -0.2) is 0 Å². The number of aryl methyl sites for hydroxylation is 1. The third kappa shape index (κ3) is 5.51. The molecule has 0 saturated heterocycles. The van der Waals surface area contributed by atoms with E-state index in [9.17, 15) is 0 Å². The molecular formula is C17H28BrNO2. The lowest BCUT2D eigenvalue weighted by atomic mass is 9.86. The van der Waals surface area contributed by atoms with E-state index in [0.29, 0.717) is 0 Å². The Morgan fingerprint density at radius 2 is 1.90 bits per heavy atom. The summed E-state index contributed by atoms with van der Waals surface area (Å²) in [6, 6.07) is 4.09. The van der Waals surface area contributed by atoms with Crippen LogP contribution in [0.4, 0.5) is 0 Å². The molecule has 1 aromatic rings. The molecule has 1 N–H and O–H groups in total. The molecule has 0 saturated carbocycles. The minimum Gasteiger partial charge on any atom is -0.495 e. The van der Waals surface area contributed by atoms with Crippen LogP contribution in [0.2, 0.25) is 0 Å². The molecule has 0 bridgehead atoms. The van der Waals surface area contributed by atoms with Gasteiger partial charge in [0.15, 0.2) is 0 Å². The van der Waals surface area contributed by atoms with E-state index in [1.165, 1.54) is 12.0 Å². The molecule has 120 valence electrons. The van der Waals surface area contributed by atoms with Crippen LogP contribution in [0.1, 0.15) is 39.2 Å². The van der Waals surface area contributed by atoms with Crippen molar-refractivity contribution < 1.29 is 9.47 Å². The molecule has 4 heteroatoms. The highest BCUT2D eigenvalue weighted by atomic mass is 79.9. The van der Waals surface area contributed by atoms with E-state index in [1.807, 2.05) is 6.07 Å². The molecule has 0 aromatic heterocycles. The smallest absolute Gasteiger partial charge is 0.139 e. The Hall–Kier alpha value is -0.740. The zero-order valence-corrected chi connectivity index (χ0v) is 15.5. The number of halogens is 1. The average molecular weight is 358 g/mol. The fourth-order valence-electron chi connectivity index (χ4n) is 2.32. The normalized spacial score (nSPS) is 11.5. The molecule has 3 nitrogen and oxygen atoms in total. The van der Waals surface area contributed by atoms with Gasteiger partial charge in [0.25, 0.3) is 0 Å². The maximum absolute atomic E-state index is 5.54. The van der Waals surface area contributed by atoms with Crippen LogP contribution < -0.4 is 14.8 Å². The Labute approximate surface area is 137 Å². The van der Waals surface area contributed by atoms with Crippen LogP contribution in [0.15, 0.2) is 16.6 Å². The molecule has 0 aliphatic rings. The van der Waals surface area contributed by atoms with Gasteiger partial charge in [-0.05, 0) is 58.8 Å². The molecule has 0 fully saturated rings. The summed E-state index contributed by atoms with van der Waals surface area (Å²) in [7, 11) is 3.37. The van der Waals surface area contributed by atoms with E-state index in [2.05, 4.69) is 48.1 Å². The van der Waals surface area contributed by atoms with Crippen LogP contribution >= 0.6 is 15.9 Å². The molecule has 0 unspecified atom stereocenters. The van der Waals surface area contributed by atoms with Crippen molar-refractivity contribution >= 4 is 15.9 Å². The largest absolute Gasteiger partial charge is 0.495 e. The molecule has 1 rings (SSSR count). The van der Waals surface area contributed by atoms with Crippen molar-refractivity contribution in [3.05, 3.63) is 22.2 Å². The van der Waals surface area contributed by atoms with Gasteiger partial charge in [0.2, 0.25) is 0 Å². The zero-order valence-electron chi connectivity index (χ0n) is 13.9. The summed E-state index contributed by atoms with van der Waals surface area (Å²) >= 11 is 3.56. The van der Waals surface area contributed by atoms with Crippen LogP contribution in [0.5, 0.6) is 11.5 Å². The van der Waals surface area contributed by atoms with Crippen LogP contribution in [-0.4, -0.2) is 27.3 Å². The SMILES string of the molecule is CCCNCC(C)(C)CCc1ccc(OC)c(Br)c1OC. The first-order valence-corrected chi connectivity index (χ1v) is 8.34. The molecule has 0 aliphatic carbocycles. The van der Waals surface area contributed by atoms with Gasteiger partial charge < -0.3 is 14.8 Å². The van der Waals surface area contributed by atoms with Crippen LogP contribution in [0.25, 0.3) is 0 Å². The first-order chi connectivity index (χ1) is 9.95. The molecule has 0 heterocycles. The fourth-order valence-corrected chi connectivity index (χ4v) is 3.03. The predicted molar refractivity (Wildman–Crippen MR) is 92.5 cm³/mol. The fraction of sp³-hybridized carbons (Fsp3) is 0.647. The average Bonchev–Trinajstić information content (AvgIpc) is 2.45. The summed E-state index contributed by atoms with van der Waals surface area (Å²) in [5.41, 5.74) is 1.49. The zero-order chi connectivity index (χ0) is 15.9. The number of ether oxygens (including phenoxy) is 2. The topological polar surface area (TPSA) is 30.5 Å². The molecule has 21 heavy (non-hydrogen) atoms. The Morgan fingerprint density at radius 1 is 1.19 bits per heavy atom. The predicted octanol–water partition coefficient (Wildman–Crippen LogP) is 4.42. The van der Waals surface area contributed by atoms with Crippen molar-refractivity contribution in [2.45, 2.75) is 40.0 Å². The van der Waals surface area contributed by atoms with Crippen molar-refractivity contribution in [1.82, 2.24) is 5.32 Å². The molecule has 0 radical (unpaired) electrons. The van der Waals surface area contributed by atoms with Gasteiger partial charge in [-0.2, -0.15) is 0 Å². The third-order valence-corrected chi connectivity index (χ3v) is 4.42. The van der Waals surface area contributed by atoms with Gasteiger partial charge >= 0.3 is 0 Å². The first kappa shape index (κ1) is 18.3. The second kappa shape index (κ2) is 8.64. The molecule has 1 aromatic carbocycles. The summed E-state index contributed by atoms with van der Waals surface area (Å²) < 4.78 is 11.8. The highest BCUT2D eigenvalue weighted by Gasteiger charge is 2.19. The minimum atomic E-state index is 0.270. The van der Waals surface area contributed by atoms with Gasteiger partial charge in [0.1, 0.15) is 16.0 Å². The molecule has 0 atom stereocenters. The lowest BCUT2D eigenvalue weighted by molar-refractivity contribution is 0.312. The van der Waals surface area contributed by atoms with Crippen molar-refractivity contribution in [3.8, 4) is 11.5 Å². The van der Waals surface area contributed by atoms with Crippen molar-refractivity contribution in [2.75, 3.05) is 27.3 Å². The molecular weight excluding hydrogens is 330 g/mol. The van der Waals surface area contributed by atoms with E-state index in [0.717, 1.165) is 41.9 Å². The number of hydrogen-bond acceptors (Lipinski definition) is 3. The van der Waals surface area contributed by atoms with E-state index < -0.39 is 0 Å². The maximum Gasteiger partial charge on any atom is 0.139 e. The lowest BCUT2D eigenvalue weighted by Gasteiger charge is -2.25. The number of hydrogen-bond donors (Lipinski definition) is 1. The monoisotopic (exact) mass is 357 g/mol. The number of methoxy groups -OCH3 is 2. The summed E-state index contributed by atoms with van der Waals surface area (Å²) in [6.07, 6.45) is 3.28. The van der Waals surface area contributed by atoms with Crippen LogP contribution in [0.3, 0.4) is 0 Å². The first-order valence-electron chi connectivity index (χ1n) is 7.55. The van der Waals surface area contributed by atoms with Gasteiger partial charge in [0.05, 0.1) is 14.2 Å². The lowest BCUT2D eigenvalue weighted by Crippen LogP contribution is -2.30. The Kier molecular flexibility index (Phi) is 7.53. The summed E-state index contributed by atoms with van der Waals surface area (Å²) in [5, 5.41) is 3.51. The van der Waals surface area contributed by atoms with Crippen molar-refractivity contribution in [3.63, 3.8) is 0 Å². The number of rotatable bonds is 9. The number of nitrogens with one attached hydrogen (secondary N) is 1. The van der Waals surface area contributed by atoms with E-state index >= 15 is 0 Å². The molecule has 0 amide bonds. The highest BCUT2D eigenvalue weighted by molar-refractivity contribution is 9.10. The van der Waals surface area contributed by atoms with Gasteiger partial charge in [0, 0.05) is 6.54 Å². The highest BCUT2D eigenvalue weighted by Crippen LogP contribution is 2.38. The Bertz CT molecular complexity index is 447. The second-order valence-corrected chi connectivity index (χ2v) is 6.91. The van der Waals surface area contributed by atoms with Gasteiger partial charge in [-0.3, -0.25) is 0 Å². The third-order valence-electron chi connectivity index (χ3n) is 3.67. The maximum atomic E-state index is 5.54. The van der Waals surface area contributed by atoms with Crippen LogP contribution in [0, 0.1) is 5.41 Å². The van der Waals surface area contributed by atoms with E-state index in [1.54, 1.807) is 14.2 Å².